The number of hydrogen-bond acceptors (Lipinski definition) is 4. The van der Waals surface area contributed by atoms with Crippen molar-refractivity contribution in [3.8, 4) is 22.5 Å². The van der Waals surface area contributed by atoms with Crippen molar-refractivity contribution in [2.45, 2.75) is 31.7 Å². The average Bonchev–Trinajstić information content (AvgIpc) is 3.46. The fourth-order valence-electron chi connectivity index (χ4n) is 4.87. The first kappa shape index (κ1) is 18.9. The van der Waals surface area contributed by atoms with Crippen LogP contribution in [0.1, 0.15) is 31.7 Å². The zero-order chi connectivity index (χ0) is 21.7. The Kier molecular flexibility index (Phi) is 4.38. The smallest absolute Gasteiger partial charge is 0.293 e. The van der Waals surface area contributed by atoms with Crippen molar-refractivity contribution in [1.82, 2.24) is 24.1 Å². The molecule has 4 heterocycles. The van der Waals surface area contributed by atoms with Gasteiger partial charge in [0.2, 0.25) is 0 Å². The van der Waals surface area contributed by atoms with Crippen LogP contribution >= 0.6 is 0 Å². The summed E-state index contributed by atoms with van der Waals surface area (Å²) in [5.41, 5.74) is 7.09. The van der Waals surface area contributed by atoms with Crippen LogP contribution in [0.15, 0.2) is 71.8 Å². The zero-order valence-electron chi connectivity index (χ0n) is 17.9. The Morgan fingerprint density at radius 3 is 2.38 bits per heavy atom. The highest BCUT2D eigenvalue weighted by Crippen LogP contribution is 2.33. The van der Waals surface area contributed by atoms with Crippen molar-refractivity contribution < 1.29 is 0 Å². The van der Waals surface area contributed by atoms with Crippen LogP contribution in [0.5, 0.6) is 0 Å². The summed E-state index contributed by atoms with van der Waals surface area (Å²) in [5.74, 6) is 0. The van der Waals surface area contributed by atoms with Gasteiger partial charge in [0.25, 0.3) is 0 Å². The monoisotopic (exact) mass is 421 g/mol. The predicted octanol–water partition coefficient (Wildman–Crippen LogP) is 5.13. The van der Waals surface area contributed by atoms with Gasteiger partial charge in [-0.2, -0.15) is 0 Å². The topological polar surface area (TPSA) is 65.6 Å². The molecule has 1 aliphatic carbocycles. The van der Waals surface area contributed by atoms with E-state index in [1.807, 2.05) is 60.3 Å². The number of benzene rings is 1. The van der Waals surface area contributed by atoms with Gasteiger partial charge in [0.05, 0.1) is 34.1 Å². The fourth-order valence-corrected chi connectivity index (χ4v) is 4.87. The molecule has 158 valence electrons. The molecule has 0 amide bonds. The lowest BCUT2D eigenvalue weighted by Gasteiger charge is -2.12. The third-order valence-corrected chi connectivity index (χ3v) is 6.58. The molecule has 0 saturated heterocycles. The van der Waals surface area contributed by atoms with Crippen molar-refractivity contribution in [2.75, 3.05) is 0 Å². The molecule has 1 aromatic carbocycles. The summed E-state index contributed by atoms with van der Waals surface area (Å²) in [6.07, 6.45) is 8.05. The minimum absolute atomic E-state index is 0.0160. The molecule has 6 nitrogen and oxygen atoms in total. The van der Waals surface area contributed by atoms with Crippen LogP contribution < -0.4 is 5.69 Å². The van der Waals surface area contributed by atoms with Crippen LogP contribution in [0.2, 0.25) is 0 Å². The molecular formula is C26H23N5O. The Bertz CT molecular complexity index is 1490. The van der Waals surface area contributed by atoms with Gasteiger partial charge in [-0.3, -0.25) is 19.1 Å². The van der Waals surface area contributed by atoms with E-state index in [4.69, 9.17) is 4.98 Å². The minimum Gasteiger partial charge on any atom is -0.293 e. The predicted molar refractivity (Wildman–Crippen MR) is 126 cm³/mol. The largest absolute Gasteiger partial charge is 0.329 e. The summed E-state index contributed by atoms with van der Waals surface area (Å²) in [6.45, 7) is 0. The van der Waals surface area contributed by atoms with Crippen LogP contribution in [0.3, 0.4) is 0 Å². The molecule has 4 aromatic heterocycles. The van der Waals surface area contributed by atoms with E-state index in [-0.39, 0.29) is 11.7 Å². The van der Waals surface area contributed by atoms with E-state index < -0.39 is 0 Å². The second-order valence-corrected chi connectivity index (χ2v) is 8.50. The maximum atomic E-state index is 13.1. The van der Waals surface area contributed by atoms with Crippen LogP contribution in [0.4, 0.5) is 0 Å². The van der Waals surface area contributed by atoms with Gasteiger partial charge in [-0.25, -0.2) is 9.78 Å². The van der Waals surface area contributed by atoms with Crippen molar-refractivity contribution in [1.29, 1.82) is 0 Å². The third kappa shape index (κ3) is 2.94. The third-order valence-electron chi connectivity index (χ3n) is 6.58. The summed E-state index contributed by atoms with van der Waals surface area (Å²) in [4.78, 5) is 27.3. The number of hydrogen-bond donors (Lipinski definition) is 0. The molecule has 1 fully saturated rings. The molecule has 5 aromatic rings. The molecule has 0 radical (unpaired) electrons. The van der Waals surface area contributed by atoms with E-state index in [1.165, 1.54) is 0 Å². The highest BCUT2D eigenvalue weighted by molar-refractivity contribution is 6.00. The normalized spacial score (nSPS) is 14.5. The number of rotatable bonds is 3. The summed E-state index contributed by atoms with van der Waals surface area (Å²) in [6, 6.07) is 18.4. The van der Waals surface area contributed by atoms with Crippen LogP contribution in [-0.2, 0) is 7.05 Å². The first-order valence-electron chi connectivity index (χ1n) is 11.1. The van der Waals surface area contributed by atoms with Gasteiger partial charge in [0.15, 0.2) is 0 Å². The molecule has 32 heavy (non-hydrogen) atoms. The Balaban J connectivity index is 1.51. The van der Waals surface area contributed by atoms with E-state index >= 15 is 0 Å². The first-order chi connectivity index (χ1) is 15.7. The number of fused-ring (bicyclic) bond motifs is 3. The van der Waals surface area contributed by atoms with Gasteiger partial charge in [0, 0.05) is 30.4 Å². The van der Waals surface area contributed by atoms with Gasteiger partial charge in [-0.1, -0.05) is 43.2 Å². The highest BCUT2D eigenvalue weighted by Gasteiger charge is 2.24. The second-order valence-electron chi connectivity index (χ2n) is 8.50. The van der Waals surface area contributed by atoms with Crippen molar-refractivity contribution in [2.24, 2.45) is 7.05 Å². The maximum Gasteiger partial charge on any atom is 0.329 e. The SMILES string of the molecule is Cn1c(=O)n(C2CCCC2)c2c3nc(-c4ccc(-c5ccccc5)nc4)ccc3ncc21. The second kappa shape index (κ2) is 7.41. The summed E-state index contributed by atoms with van der Waals surface area (Å²) >= 11 is 0. The maximum absolute atomic E-state index is 13.1. The molecule has 6 rings (SSSR count). The quantitative estimate of drug-likeness (QED) is 0.405. The van der Waals surface area contributed by atoms with E-state index in [0.29, 0.717) is 0 Å². The number of aryl methyl sites for hydroxylation is 1. The van der Waals surface area contributed by atoms with Gasteiger partial charge >= 0.3 is 5.69 Å². The van der Waals surface area contributed by atoms with Gasteiger partial charge < -0.3 is 0 Å². The Labute approximate surface area is 185 Å². The van der Waals surface area contributed by atoms with Gasteiger partial charge in [0.1, 0.15) is 5.52 Å². The number of pyridine rings is 3. The van der Waals surface area contributed by atoms with Crippen LogP contribution in [-0.4, -0.2) is 24.1 Å². The molecule has 1 aliphatic rings. The van der Waals surface area contributed by atoms with Crippen molar-refractivity contribution in [3.05, 3.63) is 77.5 Å². The lowest BCUT2D eigenvalue weighted by molar-refractivity contribution is 0.510. The average molecular weight is 422 g/mol. The molecule has 0 atom stereocenters. The Hall–Kier alpha value is -3.80. The van der Waals surface area contributed by atoms with E-state index in [0.717, 1.165) is 70.3 Å². The molecule has 0 bridgehead atoms. The Morgan fingerprint density at radius 1 is 0.844 bits per heavy atom. The molecular weight excluding hydrogens is 398 g/mol. The standard InChI is InChI=1S/C26H23N5O/c1-30-23-16-28-22-14-13-21(18-11-12-20(27-15-18)17-7-3-2-4-8-17)29-24(22)25(23)31(26(30)32)19-9-5-6-10-19/h2-4,7-8,11-16,19H,5-6,9-10H2,1H3. The molecule has 1 saturated carbocycles. The highest BCUT2D eigenvalue weighted by atomic mass is 16.1. The minimum atomic E-state index is 0.0160. The molecule has 0 aliphatic heterocycles. The summed E-state index contributed by atoms with van der Waals surface area (Å²) in [7, 11) is 1.82. The molecule has 6 heteroatoms. The lowest BCUT2D eigenvalue weighted by Crippen LogP contribution is -2.24. The molecule has 0 N–H and O–H groups in total. The van der Waals surface area contributed by atoms with E-state index in [1.54, 1.807) is 10.8 Å². The number of nitrogens with zero attached hydrogens (tertiary/aromatic N) is 5. The fraction of sp³-hybridized carbons (Fsp3) is 0.231. The summed E-state index contributed by atoms with van der Waals surface area (Å²) < 4.78 is 3.66. The van der Waals surface area contributed by atoms with E-state index in [2.05, 4.69) is 22.1 Å². The summed E-state index contributed by atoms with van der Waals surface area (Å²) in [5, 5.41) is 0. The van der Waals surface area contributed by atoms with E-state index in [9.17, 15) is 4.79 Å². The Morgan fingerprint density at radius 2 is 1.62 bits per heavy atom. The number of aromatic nitrogens is 5. The van der Waals surface area contributed by atoms with Crippen LogP contribution in [0, 0.1) is 0 Å². The molecule has 0 unspecified atom stereocenters. The van der Waals surface area contributed by atoms with Crippen LogP contribution in [0.25, 0.3) is 44.6 Å². The lowest BCUT2D eigenvalue weighted by atomic mass is 10.1. The van der Waals surface area contributed by atoms with Gasteiger partial charge in [-0.05, 0) is 37.1 Å². The van der Waals surface area contributed by atoms with Crippen molar-refractivity contribution >= 4 is 22.1 Å². The van der Waals surface area contributed by atoms with Crippen molar-refractivity contribution in [3.63, 3.8) is 0 Å². The van der Waals surface area contributed by atoms with Gasteiger partial charge in [-0.15, -0.1) is 0 Å². The number of imidazole rings is 1. The first-order valence-corrected chi connectivity index (χ1v) is 11.1. The zero-order valence-corrected chi connectivity index (χ0v) is 17.9. The molecule has 0 spiro atoms.